The van der Waals surface area contributed by atoms with Crippen LogP contribution in [0.2, 0.25) is 0 Å². The molecule has 0 aliphatic carbocycles. The first-order chi connectivity index (χ1) is 5.61. The number of carboxylic acids is 1. The van der Waals surface area contributed by atoms with Crippen LogP contribution in [0, 0.1) is 5.92 Å². The highest BCUT2D eigenvalue weighted by Crippen LogP contribution is 2.08. The van der Waals surface area contributed by atoms with Crippen LogP contribution in [0.25, 0.3) is 0 Å². The summed E-state index contributed by atoms with van der Waals surface area (Å²) in [5, 5.41) is 15.9. The molecule has 0 aliphatic rings. The number of aromatic nitrogens is 3. The molecule has 0 bridgehead atoms. The number of halogens is 1. The second-order valence-electron chi connectivity index (χ2n) is 2.48. The van der Waals surface area contributed by atoms with Crippen LogP contribution in [0.15, 0.2) is 10.8 Å². The van der Waals surface area contributed by atoms with Gasteiger partial charge < -0.3 is 5.11 Å². The lowest BCUT2D eigenvalue weighted by molar-refractivity contribution is -0.141. The number of carboxylic acid groups (broad SMARTS) is 1. The Morgan fingerprint density at radius 1 is 1.92 bits per heavy atom. The average molecular weight is 234 g/mol. The molecule has 12 heavy (non-hydrogen) atoms. The standard InChI is InChI=1S/C6H8BrN3O2/c1-4(6(11)12)3-10-5(7)2-8-9-10/h2,4H,3H2,1H3,(H,11,12). The Balaban J connectivity index is 2.64. The van der Waals surface area contributed by atoms with E-state index < -0.39 is 11.9 Å². The number of carbonyl (C=O) groups is 1. The van der Waals surface area contributed by atoms with Crippen LogP contribution in [0.4, 0.5) is 0 Å². The van der Waals surface area contributed by atoms with Crippen molar-refractivity contribution in [3.05, 3.63) is 10.8 Å². The Morgan fingerprint density at radius 3 is 3.00 bits per heavy atom. The summed E-state index contributed by atoms with van der Waals surface area (Å²) in [4.78, 5) is 10.5. The fraction of sp³-hybridized carbons (Fsp3) is 0.500. The molecule has 0 spiro atoms. The highest BCUT2D eigenvalue weighted by atomic mass is 79.9. The summed E-state index contributed by atoms with van der Waals surface area (Å²) in [6.45, 7) is 1.95. The normalized spacial score (nSPS) is 12.8. The van der Waals surface area contributed by atoms with Gasteiger partial charge in [-0.2, -0.15) is 0 Å². The zero-order valence-corrected chi connectivity index (χ0v) is 8.02. The van der Waals surface area contributed by atoms with Gasteiger partial charge in [0.15, 0.2) is 0 Å². The zero-order valence-electron chi connectivity index (χ0n) is 6.44. The monoisotopic (exact) mass is 233 g/mol. The highest BCUT2D eigenvalue weighted by molar-refractivity contribution is 9.10. The molecular weight excluding hydrogens is 226 g/mol. The van der Waals surface area contributed by atoms with Gasteiger partial charge in [-0.3, -0.25) is 4.79 Å². The Bertz CT molecular complexity index is 286. The molecule has 1 aromatic rings. The van der Waals surface area contributed by atoms with Gasteiger partial charge in [-0.15, -0.1) is 5.10 Å². The van der Waals surface area contributed by atoms with Crippen LogP contribution in [0.1, 0.15) is 6.92 Å². The zero-order chi connectivity index (χ0) is 9.14. The van der Waals surface area contributed by atoms with E-state index in [1.807, 2.05) is 0 Å². The van der Waals surface area contributed by atoms with Crippen LogP contribution < -0.4 is 0 Å². The van der Waals surface area contributed by atoms with Gasteiger partial charge in [0.2, 0.25) is 0 Å². The molecule has 0 amide bonds. The van der Waals surface area contributed by atoms with Crippen molar-refractivity contribution in [2.24, 2.45) is 5.92 Å². The Morgan fingerprint density at radius 2 is 2.58 bits per heavy atom. The largest absolute Gasteiger partial charge is 0.481 e. The van der Waals surface area contributed by atoms with Gasteiger partial charge in [0.05, 0.1) is 18.7 Å². The summed E-state index contributed by atoms with van der Waals surface area (Å²) < 4.78 is 2.19. The number of nitrogens with zero attached hydrogens (tertiary/aromatic N) is 3. The molecular formula is C6H8BrN3O2. The van der Waals surface area contributed by atoms with Crippen LogP contribution in [-0.4, -0.2) is 26.1 Å². The van der Waals surface area contributed by atoms with E-state index in [1.165, 1.54) is 10.9 Å². The molecule has 1 unspecified atom stereocenters. The SMILES string of the molecule is CC(Cn1nncc1Br)C(=O)O. The van der Waals surface area contributed by atoms with Gasteiger partial charge in [0, 0.05) is 0 Å². The maximum absolute atomic E-state index is 10.5. The fourth-order valence-electron chi connectivity index (χ4n) is 0.706. The van der Waals surface area contributed by atoms with Gasteiger partial charge in [-0.05, 0) is 15.9 Å². The maximum Gasteiger partial charge on any atom is 0.308 e. The first-order valence-electron chi connectivity index (χ1n) is 3.38. The molecule has 0 saturated heterocycles. The topological polar surface area (TPSA) is 68.0 Å². The smallest absolute Gasteiger partial charge is 0.308 e. The number of rotatable bonds is 3. The second kappa shape index (κ2) is 3.66. The number of hydrogen-bond donors (Lipinski definition) is 1. The molecule has 1 N–H and O–H groups in total. The third-order valence-electron chi connectivity index (χ3n) is 1.44. The van der Waals surface area contributed by atoms with Gasteiger partial charge in [-0.25, -0.2) is 4.68 Å². The molecule has 0 aliphatic heterocycles. The minimum absolute atomic E-state index is 0.329. The highest BCUT2D eigenvalue weighted by Gasteiger charge is 2.13. The first kappa shape index (κ1) is 9.18. The predicted molar refractivity (Wildman–Crippen MR) is 44.5 cm³/mol. The van der Waals surface area contributed by atoms with Gasteiger partial charge in [-0.1, -0.05) is 12.1 Å². The van der Waals surface area contributed by atoms with Crippen LogP contribution in [0.3, 0.4) is 0 Å². The van der Waals surface area contributed by atoms with Crippen molar-refractivity contribution < 1.29 is 9.90 Å². The third-order valence-corrected chi connectivity index (χ3v) is 2.05. The van der Waals surface area contributed by atoms with E-state index in [2.05, 4.69) is 26.2 Å². The number of aliphatic carboxylic acids is 1. The molecule has 0 radical (unpaired) electrons. The Labute approximate surface area is 77.5 Å². The van der Waals surface area contributed by atoms with E-state index in [0.29, 0.717) is 11.1 Å². The van der Waals surface area contributed by atoms with E-state index in [9.17, 15) is 4.79 Å². The molecule has 1 heterocycles. The van der Waals surface area contributed by atoms with E-state index in [1.54, 1.807) is 6.92 Å². The van der Waals surface area contributed by atoms with Crippen molar-refractivity contribution in [1.82, 2.24) is 15.0 Å². The molecule has 66 valence electrons. The molecule has 1 rings (SSSR count). The lowest BCUT2D eigenvalue weighted by atomic mass is 10.2. The molecule has 1 atom stereocenters. The van der Waals surface area contributed by atoms with Crippen LogP contribution in [0.5, 0.6) is 0 Å². The van der Waals surface area contributed by atoms with Crippen molar-refractivity contribution >= 4 is 21.9 Å². The van der Waals surface area contributed by atoms with E-state index in [0.717, 1.165) is 0 Å². The lowest BCUT2D eigenvalue weighted by Crippen LogP contribution is -2.17. The molecule has 0 fully saturated rings. The summed E-state index contributed by atoms with van der Waals surface area (Å²) in [5.74, 6) is -1.29. The van der Waals surface area contributed by atoms with Gasteiger partial charge in [0.1, 0.15) is 4.60 Å². The minimum atomic E-state index is -0.836. The lowest BCUT2D eigenvalue weighted by Gasteiger charge is -2.05. The molecule has 1 aromatic heterocycles. The predicted octanol–water partition coefficient (Wildman–Crippen LogP) is 0.761. The molecule has 6 heteroatoms. The first-order valence-corrected chi connectivity index (χ1v) is 4.17. The summed E-state index contributed by atoms with van der Waals surface area (Å²) in [5.41, 5.74) is 0. The van der Waals surface area contributed by atoms with Crippen molar-refractivity contribution in [1.29, 1.82) is 0 Å². The van der Waals surface area contributed by atoms with Gasteiger partial charge in [0.25, 0.3) is 0 Å². The maximum atomic E-state index is 10.5. The van der Waals surface area contributed by atoms with E-state index in [4.69, 9.17) is 5.11 Å². The Hall–Kier alpha value is -0.910. The summed E-state index contributed by atoms with van der Waals surface area (Å²) in [7, 11) is 0. The third kappa shape index (κ3) is 2.04. The molecule has 0 aromatic carbocycles. The summed E-state index contributed by atoms with van der Waals surface area (Å²) in [6.07, 6.45) is 1.52. The van der Waals surface area contributed by atoms with Crippen molar-refractivity contribution in [2.45, 2.75) is 13.5 Å². The van der Waals surface area contributed by atoms with Crippen molar-refractivity contribution in [2.75, 3.05) is 0 Å². The Kier molecular flexibility index (Phi) is 2.80. The van der Waals surface area contributed by atoms with E-state index in [-0.39, 0.29) is 0 Å². The van der Waals surface area contributed by atoms with Crippen molar-refractivity contribution in [3.8, 4) is 0 Å². The van der Waals surface area contributed by atoms with Gasteiger partial charge >= 0.3 is 5.97 Å². The fourth-order valence-corrected chi connectivity index (χ4v) is 1.01. The summed E-state index contributed by atoms with van der Waals surface area (Å²) >= 11 is 3.19. The van der Waals surface area contributed by atoms with E-state index >= 15 is 0 Å². The quantitative estimate of drug-likeness (QED) is 0.838. The second-order valence-corrected chi connectivity index (χ2v) is 3.29. The van der Waals surface area contributed by atoms with Crippen LogP contribution >= 0.6 is 15.9 Å². The minimum Gasteiger partial charge on any atom is -0.481 e. The molecule has 5 nitrogen and oxygen atoms in total. The van der Waals surface area contributed by atoms with Crippen LogP contribution in [-0.2, 0) is 11.3 Å². The van der Waals surface area contributed by atoms with Crippen molar-refractivity contribution in [3.63, 3.8) is 0 Å². The average Bonchev–Trinajstić information content (AvgIpc) is 2.36. The number of hydrogen-bond acceptors (Lipinski definition) is 3. The molecule has 0 saturated carbocycles. The summed E-state index contributed by atoms with van der Waals surface area (Å²) in [6, 6.07) is 0.